The Kier molecular flexibility index (Phi) is 3.52. The zero-order valence-corrected chi connectivity index (χ0v) is 8.24. The highest BCUT2D eigenvalue weighted by molar-refractivity contribution is 5.73. The number of aromatic nitrogens is 1. The molecule has 1 aromatic heterocycles. The summed E-state index contributed by atoms with van der Waals surface area (Å²) in [6, 6.07) is 1.42. The second kappa shape index (κ2) is 4.86. The Morgan fingerprint density at radius 1 is 1.73 bits per heavy atom. The fourth-order valence-corrected chi connectivity index (χ4v) is 0.847. The number of carbonyl (C=O) groups is 1. The van der Waals surface area contributed by atoms with E-state index in [4.69, 9.17) is 5.73 Å². The third-order valence-corrected chi connectivity index (χ3v) is 1.56. The zero-order chi connectivity index (χ0) is 11.3. The van der Waals surface area contributed by atoms with Crippen molar-refractivity contribution in [3.05, 3.63) is 17.8 Å². The van der Waals surface area contributed by atoms with Crippen molar-refractivity contribution >= 4 is 11.7 Å². The Bertz CT molecular complexity index is 432. The van der Waals surface area contributed by atoms with Gasteiger partial charge in [-0.2, -0.15) is 0 Å². The van der Waals surface area contributed by atoms with Gasteiger partial charge in [-0.05, 0) is 0 Å². The number of pyridine rings is 1. The Morgan fingerprint density at radius 3 is 3.07 bits per heavy atom. The number of anilines is 1. The highest BCUT2D eigenvalue weighted by Crippen LogP contribution is 2.16. The van der Waals surface area contributed by atoms with Crippen LogP contribution < -0.4 is 11.1 Å². The molecule has 0 aromatic carbocycles. The van der Waals surface area contributed by atoms with Gasteiger partial charge in [0, 0.05) is 24.8 Å². The number of nitrogen functional groups attached to an aromatic ring is 1. The van der Waals surface area contributed by atoms with Crippen molar-refractivity contribution in [2.24, 2.45) is 0 Å². The molecule has 0 bridgehead atoms. The van der Waals surface area contributed by atoms with E-state index < -0.39 is 0 Å². The maximum absolute atomic E-state index is 10.5. The molecule has 1 rings (SSSR count). The first-order valence-corrected chi connectivity index (χ1v) is 4.27. The van der Waals surface area contributed by atoms with Gasteiger partial charge in [0.1, 0.15) is 0 Å². The molecule has 0 aliphatic heterocycles. The molecule has 0 saturated carbocycles. The lowest BCUT2D eigenvalue weighted by Crippen LogP contribution is -2.19. The number of nitrogens with two attached hydrogens (primary N) is 1. The summed E-state index contributed by atoms with van der Waals surface area (Å²) in [4.78, 5) is 14.2. The van der Waals surface area contributed by atoms with Gasteiger partial charge in [-0.15, -0.1) is 0 Å². The molecule has 5 heteroatoms. The second-order valence-electron chi connectivity index (χ2n) is 2.84. The summed E-state index contributed by atoms with van der Waals surface area (Å²) in [6.45, 7) is 1.68. The maximum atomic E-state index is 10.5. The topological polar surface area (TPSA) is 88.2 Å². The van der Waals surface area contributed by atoms with Crippen LogP contribution in [0.1, 0.15) is 12.5 Å². The average Bonchev–Trinajstić information content (AvgIpc) is 2.18. The van der Waals surface area contributed by atoms with Crippen LogP contribution in [0, 0.1) is 11.8 Å². The molecule has 0 aliphatic carbocycles. The van der Waals surface area contributed by atoms with Gasteiger partial charge in [0.25, 0.3) is 0 Å². The molecule has 78 valence electrons. The van der Waals surface area contributed by atoms with Crippen molar-refractivity contribution in [3.8, 4) is 17.6 Å². The summed E-state index contributed by atoms with van der Waals surface area (Å²) in [7, 11) is 0. The second-order valence-corrected chi connectivity index (χ2v) is 2.84. The predicted molar refractivity (Wildman–Crippen MR) is 55.9 cm³/mol. The standard InChI is InChI=1S/C10H11N3O2/c1-7(14)12-4-2-3-8-5-9(15)10(11)13-6-8/h5-6,15H,4H2,1H3,(H2,11,13)(H,12,14). The van der Waals surface area contributed by atoms with Crippen LogP contribution in [0.25, 0.3) is 0 Å². The molecule has 0 fully saturated rings. The summed E-state index contributed by atoms with van der Waals surface area (Å²) in [5.74, 6) is 5.27. The molecular formula is C10H11N3O2. The number of hydrogen-bond acceptors (Lipinski definition) is 4. The van der Waals surface area contributed by atoms with Crippen LogP contribution in [0.3, 0.4) is 0 Å². The molecule has 0 spiro atoms. The smallest absolute Gasteiger partial charge is 0.217 e. The highest BCUT2D eigenvalue weighted by atomic mass is 16.3. The van der Waals surface area contributed by atoms with E-state index in [9.17, 15) is 9.90 Å². The van der Waals surface area contributed by atoms with Gasteiger partial charge in [-0.3, -0.25) is 4.79 Å². The van der Waals surface area contributed by atoms with E-state index in [2.05, 4.69) is 22.1 Å². The number of nitrogens with one attached hydrogen (secondary N) is 1. The minimum Gasteiger partial charge on any atom is -0.504 e. The molecule has 0 aliphatic rings. The van der Waals surface area contributed by atoms with Crippen LogP contribution in [-0.4, -0.2) is 22.5 Å². The molecule has 1 heterocycles. The molecule has 0 saturated heterocycles. The Balaban J connectivity index is 2.64. The molecule has 4 N–H and O–H groups in total. The Morgan fingerprint density at radius 2 is 2.47 bits per heavy atom. The summed E-state index contributed by atoms with van der Waals surface area (Å²) < 4.78 is 0. The average molecular weight is 205 g/mol. The van der Waals surface area contributed by atoms with Crippen LogP contribution in [0.4, 0.5) is 5.82 Å². The number of aromatic hydroxyl groups is 1. The summed E-state index contributed by atoms with van der Waals surface area (Å²) in [5, 5.41) is 11.7. The van der Waals surface area contributed by atoms with Crippen molar-refractivity contribution in [2.75, 3.05) is 12.3 Å². The third-order valence-electron chi connectivity index (χ3n) is 1.56. The molecule has 15 heavy (non-hydrogen) atoms. The number of carbonyl (C=O) groups excluding carboxylic acids is 1. The summed E-state index contributed by atoms with van der Waals surface area (Å²) in [6.07, 6.45) is 1.45. The van der Waals surface area contributed by atoms with Crippen molar-refractivity contribution in [3.63, 3.8) is 0 Å². The lowest BCUT2D eigenvalue weighted by Gasteiger charge is -1.96. The van der Waals surface area contributed by atoms with Gasteiger partial charge in [0.2, 0.25) is 5.91 Å². The van der Waals surface area contributed by atoms with Gasteiger partial charge >= 0.3 is 0 Å². The first kappa shape index (κ1) is 10.9. The van der Waals surface area contributed by atoms with Crippen LogP contribution in [-0.2, 0) is 4.79 Å². The monoisotopic (exact) mass is 205 g/mol. The zero-order valence-electron chi connectivity index (χ0n) is 8.24. The lowest BCUT2D eigenvalue weighted by molar-refractivity contribution is -0.118. The summed E-state index contributed by atoms with van der Waals surface area (Å²) >= 11 is 0. The fourth-order valence-electron chi connectivity index (χ4n) is 0.847. The van der Waals surface area contributed by atoms with Crippen LogP contribution in [0.15, 0.2) is 12.3 Å². The SMILES string of the molecule is CC(=O)NCC#Cc1cnc(N)c(O)c1. The van der Waals surface area contributed by atoms with E-state index in [1.165, 1.54) is 19.2 Å². The van der Waals surface area contributed by atoms with E-state index in [1.807, 2.05) is 0 Å². The third kappa shape index (κ3) is 3.56. The van der Waals surface area contributed by atoms with E-state index >= 15 is 0 Å². The quantitative estimate of drug-likeness (QED) is 0.557. The largest absolute Gasteiger partial charge is 0.504 e. The molecule has 1 aromatic rings. The fraction of sp³-hybridized carbons (Fsp3) is 0.200. The van der Waals surface area contributed by atoms with Gasteiger partial charge in [-0.1, -0.05) is 11.8 Å². The van der Waals surface area contributed by atoms with Crippen molar-refractivity contribution in [1.82, 2.24) is 10.3 Å². The van der Waals surface area contributed by atoms with Gasteiger partial charge in [0.15, 0.2) is 11.6 Å². The van der Waals surface area contributed by atoms with Crippen molar-refractivity contribution in [2.45, 2.75) is 6.92 Å². The number of amides is 1. The van der Waals surface area contributed by atoms with Crippen molar-refractivity contribution < 1.29 is 9.90 Å². The van der Waals surface area contributed by atoms with E-state index in [0.717, 1.165) is 0 Å². The van der Waals surface area contributed by atoms with E-state index in [0.29, 0.717) is 5.56 Å². The normalized spacial score (nSPS) is 8.87. The molecule has 1 amide bonds. The molecule has 5 nitrogen and oxygen atoms in total. The van der Waals surface area contributed by atoms with Crippen LogP contribution in [0.5, 0.6) is 5.75 Å². The first-order valence-electron chi connectivity index (χ1n) is 4.27. The predicted octanol–water partition coefficient (Wildman–Crippen LogP) is -0.143. The molecule has 0 atom stereocenters. The molecular weight excluding hydrogens is 194 g/mol. The van der Waals surface area contributed by atoms with E-state index in [1.54, 1.807) is 0 Å². The Labute approximate surface area is 87.3 Å². The van der Waals surface area contributed by atoms with Crippen LogP contribution in [0.2, 0.25) is 0 Å². The maximum Gasteiger partial charge on any atom is 0.217 e. The summed E-state index contributed by atoms with van der Waals surface area (Å²) in [5.41, 5.74) is 5.87. The number of nitrogens with zero attached hydrogens (tertiary/aromatic N) is 1. The molecule has 0 unspecified atom stereocenters. The van der Waals surface area contributed by atoms with Gasteiger partial charge in [0.05, 0.1) is 6.54 Å². The van der Waals surface area contributed by atoms with E-state index in [-0.39, 0.29) is 24.0 Å². The van der Waals surface area contributed by atoms with Gasteiger partial charge < -0.3 is 16.2 Å². The first-order chi connectivity index (χ1) is 7.09. The molecule has 0 radical (unpaired) electrons. The minimum absolute atomic E-state index is 0.0717. The highest BCUT2D eigenvalue weighted by Gasteiger charge is 1.97. The van der Waals surface area contributed by atoms with Crippen LogP contribution >= 0.6 is 0 Å². The Hall–Kier alpha value is -2.22. The van der Waals surface area contributed by atoms with Crippen molar-refractivity contribution in [1.29, 1.82) is 0 Å². The lowest BCUT2D eigenvalue weighted by atomic mass is 10.2. The van der Waals surface area contributed by atoms with Gasteiger partial charge in [-0.25, -0.2) is 4.98 Å². The number of rotatable bonds is 1. The minimum atomic E-state index is -0.137. The number of hydrogen-bond donors (Lipinski definition) is 3.